The summed E-state index contributed by atoms with van der Waals surface area (Å²) >= 11 is 0. The maximum atomic E-state index is 14.3. The van der Waals surface area contributed by atoms with E-state index in [9.17, 15) is 27.6 Å². The highest BCUT2D eigenvalue weighted by Crippen LogP contribution is 2.26. The SMILES string of the molecule is Cc1ccc(CO[C@@H]2C[C@@H](C(=O)N[C@@H](Cc3ccccc3)C(=O)C(=O)NCCc3ccccn3)N(C(=O)[C@@H](CCC3CCNCC3)NS(C)(=O)=O)C2)cc1. The van der Waals surface area contributed by atoms with Crippen LogP contribution in [-0.4, -0.2) is 98.5 Å². The minimum atomic E-state index is -3.79. The van der Waals surface area contributed by atoms with Crippen LogP contribution in [0.25, 0.3) is 0 Å². The molecule has 0 radical (unpaired) electrons. The molecule has 0 bridgehead atoms. The van der Waals surface area contributed by atoms with Crippen LogP contribution in [0, 0.1) is 12.8 Å². The molecule has 54 heavy (non-hydrogen) atoms. The van der Waals surface area contributed by atoms with Gasteiger partial charge in [-0.3, -0.25) is 24.2 Å². The number of hydrogen-bond acceptors (Lipinski definition) is 9. The van der Waals surface area contributed by atoms with E-state index in [1.807, 2.05) is 49.4 Å². The number of nitrogens with zero attached hydrogens (tertiary/aromatic N) is 2. The van der Waals surface area contributed by atoms with Crippen LogP contribution >= 0.6 is 0 Å². The molecule has 290 valence electrons. The average molecular weight is 761 g/mol. The van der Waals surface area contributed by atoms with Crippen LogP contribution in [0.2, 0.25) is 0 Å². The third kappa shape index (κ3) is 12.5. The predicted octanol–water partition coefficient (Wildman–Crippen LogP) is 2.23. The highest BCUT2D eigenvalue weighted by atomic mass is 32.2. The lowest BCUT2D eigenvalue weighted by Crippen LogP contribution is -2.56. The summed E-state index contributed by atoms with van der Waals surface area (Å²) in [6.07, 6.45) is 5.46. The molecule has 14 heteroatoms. The second-order valence-electron chi connectivity index (χ2n) is 14.3. The molecule has 5 rings (SSSR count). The second kappa shape index (κ2) is 19.7. The molecule has 0 aliphatic carbocycles. The quantitative estimate of drug-likeness (QED) is 0.142. The number of hydrogen-bond donors (Lipinski definition) is 4. The van der Waals surface area contributed by atoms with Crippen molar-refractivity contribution in [1.29, 1.82) is 0 Å². The van der Waals surface area contributed by atoms with E-state index >= 15 is 0 Å². The molecule has 4 atom stereocenters. The summed E-state index contributed by atoms with van der Waals surface area (Å²) in [6, 6.07) is 18.9. The first-order valence-corrected chi connectivity index (χ1v) is 20.6. The van der Waals surface area contributed by atoms with Gasteiger partial charge in [0.25, 0.3) is 5.91 Å². The Balaban J connectivity index is 1.35. The number of aryl methyl sites for hydroxylation is 1. The van der Waals surface area contributed by atoms with Crippen molar-refractivity contribution in [2.45, 2.75) is 82.7 Å². The monoisotopic (exact) mass is 760 g/mol. The Hall–Kier alpha value is -4.50. The number of nitrogens with one attached hydrogen (secondary N) is 4. The maximum Gasteiger partial charge on any atom is 0.289 e. The molecule has 1 aromatic heterocycles. The van der Waals surface area contributed by atoms with Crippen molar-refractivity contribution in [2.24, 2.45) is 5.92 Å². The number of sulfonamides is 1. The Bertz CT molecular complexity index is 1810. The van der Waals surface area contributed by atoms with Gasteiger partial charge in [-0.15, -0.1) is 0 Å². The van der Waals surface area contributed by atoms with Crippen molar-refractivity contribution in [3.8, 4) is 0 Å². The van der Waals surface area contributed by atoms with Gasteiger partial charge in [0, 0.05) is 44.2 Å². The van der Waals surface area contributed by atoms with Crippen molar-refractivity contribution in [3.05, 3.63) is 101 Å². The number of piperidine rings is 1. The third-order valence-electron chi connectivity index (χ3n) is 9.96. The number of Topliss-reactive ketones (excluding diaryl/α,β-unsaturated/α-hetero) is 1. The molecular formula is C40H52N6O7S. The number of carbonyl (C=O) groups excluding carboxylic acids is 4. The summed E-state index contributed by atoms with van der Waals surface area (Å²) in [5, 5.41) is 8.77. The smallest absolute Gasteiger partial charge is 0.289 e. The number of likely N-dealkylation sites (tertiary alicyclic amines) is 1. The molecule has 0 spiro atoms. The molecule has 3 amide bonds. The normalized spacial score (nSPS) is 18.8. The minimum Gasteiger partial charge on any atom is -0.372 e. The molecule has 3 heterocycles. The number of rotatable bonds is 18. The summed E-state index contributed by atoms with van der Waals surface area (Å²) < 4.78 is 33.8. The van der Waals surface area contributed by atoms with E-state index in [1.165, 1.54) is 4.90 Å². The van der Waals surface area contributed by atoms with Gasteiger partial charge in [-0.1, -0.05) is 66.2 Å². The first-order valence-electron chi connectivity index (χ1n) is 18.7. The lowest BCUT2D eigenvalue weighted by atomic mass is 9.91. The van der Waals surface area contributed by atoms with E-state index in [4.69, 9.17) is 4.74 Å². The van der Waals surface area contributed by atoms with Gasteiger partial charge in [-0.05, 0) is 74.9 Å². The maximum absolute atomic E-state index is 14.3. The van der Waals surface area contributed by atoms with Crippen molar-refractivity contribution in [2.75, 3.05) is 32.4 Å². The number of pyridine rings is 1. The fraction of sp³-hybridized carbons (Fsp3) is 0.475. The highest BCUT2D eigenvalue weighted by Gasteiger charge is 2.44. The zero-order valence-corrected chi connectivity index (χ0v) is 31.9. The number of benzene rings is 2. The molecule has 0 unspecified atom stereocenters. The van der Waals surface area contributed by atoms with E-state index in [2.05, 4.69) is 25.7 Å². The standard InChI is InChI=1S/C40H52N6O7S/c1-28-11-13-31(14-12-28)27-53-33-25-36(46(26-33)40(50)34(45-54(2,51)52)16-15-29-17-21-41-22-18-29)38(48)44-35(24-30-8-4-3-5-9-30)37(47)39(49)43-23-19-32-10-6-7-20-42-32/h3-14,20,29,33-36,41,45H,15-19,21-27H2,1-2H3,(H,43,49)(H,44,48)/t33-,34-,35+,36+/m1/s1. The molecule has 13 nitrogen and oxygen atoms in total. The number of ether oxygens (including phenoxy) is 1. The van der Waals surface area contributed by atoms with Crippen LogP contribution in [0.1, 0.15) is 54.5 Å². The van der Waals surface area contributed by atoms with Crippen LogP contribution in [0.3, 0.4) is 0 Å². The largest absolute Gasteiger partial charge is 0.372 e. The summed E-state index contributed by atoms with van der Waals surface area (Å²) in [5.41, 5.74) is 3.51. The number of ketones is 1. The van der Waals surface area contributed by atoms with E-state index < -0.39 is 57.8 Å². The Morgan fingerprint density at radius 3 is 2.35 bits per heavy atom. The van der Waals surface area contributed by atoms with E-state index in [0.717, 1.165) is 54.6 Å². The van der Waals surface area contributed by atoms with Gasteiger partial charge in [0.05, 0.1) is 19.0 Å². The highest BCUT2D eigenvalue weighted by molar-refractivity contribution is 7.88. The van der Waals surface area contributed by atoms with Crippen LogP contribution in [0.5, 0.6) is 0 Å². The summed E-state index contributed by atoms with van der Waals surface area (Å²) in [7, 11) is -3.79. The van der Waals surface area contributed by atoms with Crippen LogP contribution in [0.15, 0.2) is 79.0 Å². The molecule has 2 aliphatic heterocycles. The van der Waals surface area contributed by atoms with Gasteiger partial charge in [0.15, 0.2) is 0 Å². The first-order chi connectivity index (χ1) is 25.9. The number of carbonyl (C=O) groups is 4. The van der Waals surface area contributed by atoms with Crippen molar-refractivity contribution >= 4 is 33.5 Å². The molecule has 3 aromatic rings. The van der Waals surface area contributed by atoms with Crippen molar-refractivity contribution in [1.82, 2.24) is 30.6 Å². The Labute approximate surface area is 318 Å². The molecule has 4 N–H and O–H groups in total. The zero-order chi connectivity index (χ0) is 38.5. The fourth-order valence-electron chi connectivity index (χ4n) is 7.00. The van der Waals surface area contributed by atoms with Crippen LogP contribution in [0.4, 0.5) is 0 Å². The Kier molecular flexibility index (Phi) is 14.9. The number of amides is 3. The van der Waals surface area contributed by atoms with Gasteiger partial charge in [0.2, 0.25) is 27.6 Å². The molecule has 2 aromatic carbocycles. The Morgan fingerprint density at radius 1 is 0.944 bits per heavy atom. The zero-order valence-electron chi connectivity index (χ0n) is 31.0. The van der Waals surface area contributed by atoms with Crippen molar-refractivity contribution < 1.29 is 32.3 Å². The molecular weight excluding hydrogens is 709 g/mol. The van der Waals surface area contributed by atoms with Crippen LogP contribution < -0.4 is 20.7 Å². The lowest BCUT2D eigenvalue weighted by Gasteiger charge is -2.30. The molecule has 2 fully saturated rings. The molecule has 2 saturated heterocycles. The summed E-state index contributed by atoms with van der Waals surface area (Å²) in [4.78, 5) is 61.1. The van der Waals surface area contributed by atoms with E-state index in [0.29, 0.717) is 18.8 Å². The van der Waals surface area contributed by atoms with Gasteiger partial charge < -0.3 is 25.6 Å². The average Bonchev–Trinajstić information content (AvgIpc) is 3.61. The van der Waals surface area contributed by atoms with Gasteiger partial charge >= 0.3 is 0 Å². The fourth-order valence-corrected chi connectivity index (χ4v) is 7.73. The Morgan fingerprint density at radius 2 is 1.67 bits per heavy atom. The first kappa shape index (κ1) is 40.7. The third-order valence-corrected chi connectivity index (χ3v) is 10.7. The molecule has 0 saturated carbocycles. The molecule has 2 aliphatic rings. The van der Waals surface area contributed by atoms with E-state index in [1.54, 1.807) is 36.5 Å². The summed E-state index contributed by atoms with van der Waals surface area (Å²) in [5.74, 6) is -2.49. The van der Waals surface area contributed by atoms with Gasteiger partial charge in [-0.25, -0.2) is 13.1 Å². The van der Waals surface area contributed by atoms with Crippen LogP contribution in [-0.2, 0) is 53.4 Å². The lowest BCUT2D eigenvalue weighted by molar-refractivity contribution is -0.142. The van der Waals surface area contributed by atoms with Gasteiger partial charge in [-0.2, -0.15) is 0 Å². The minimum absolute atomic E-state index is 0.0433. The number of aromatic nitrogens is 1. The predicted molar refractivity (Wildman–Crippen MR) is 205 cm³/mol. The topological polar surface area (TPSA) is 176 Å². The second-order valence-corrected chi connectivity index (χ2v) is 16.1. The summed E-state index contributed by atoms with van der Waals surface area (Å²) in [6.45, 7) is 4.18. The van der Waals surface area contributed by atoms with Crippen molar-refractivity contribution in [3.63, 3.8) is 0 Å². The van der Waals surface area contributed by atoms with E-state index in [-0.39, 0.29) is 39.0 Å². The van der Waals surface area contributed by atoms with Gasteiger partial charge in [0.1, 0.15) is 18.1 Å².